The Morgan fingerprint density at radius 3 is 2.77 bits per heavy atom. The van der Waals surface area contributed by atoms with Crippen molar-refractivity contribution < 1.29 is 8.42 Å². The largest absolute Gasteiger partial charge is 0.249 e. The van der Waals surface area contributed by atoms with E-state index in [1.54, 1.807) is 41.3 Å². The Morgan fingerprint density at radius 1 is 1.19 bits per heavy atom. The van der Waals surface area contributed by atoms with Gasteiger partial charge in [-0.15, -0.1) is 0 Å². The Hall–Kier alpha value is -2.03. The molecular weight excluding hydrogens is 374 g/mol. The fourth-order valence-electron chi connectivity index (χ4n) is 3.46. The molecule has 0 aliphatic carbocycles. The summed E-state index contributed by atoms with van der Waals surface area (Å²) < 4.78 is 29.3. The van der Waals surface area contributed by atoms with Crippen LogP contribution in [0.1, 0.15) is 24.5 Å². The highest BCUT2D eigenvalue weighted by Crippen LogP contribution is 2.33. The molecule has 0 amide bonds. The summed E-state index contributed by atoms with van der Waals surface area (Å²) in [5, 5.41) is 4.80. The Bertz CT molecular complexity index is 1070. The molecule has 0 radical (unpaired) electrons. The van der Waals surface area contributed by atoms with E-state index in [1.165, 1.54) is 4.31 Å². The number of fused-ring (bicyclic) bond motifs is 1. The first kappa shape index (κ1) is 17.4. The van der Waals surface area contributed by atoms with Gasteiger partial charge in [0, 0.05) is 38.4 Å². The van der Waals surface area contributed by atoms with Gasteiger partial charge in [0.1, 0.15) is 10.4 Å². The third-order valence-electron chi connectivity index (χ3n) is 4.71. The van der Waals surface area contributed by atoms with E-state index in [1.807, 2.05) is 7.05 Å². The van der Waals surface area contributed by atoms with E-state index in [-0.39, 0.29) is 15.8 Å². The maximum absolute atomic E-state index is 13.0. The summed E-state index contributed by atoms with van der Waals surface area (Å²) in [6.45, 7) is 0.830. The molecule has 7 nitrogen and oxygen atoms in total. The van der Waals surface area contributed by atoms with Crippen molar-refractivity contribution in [2.75, 3.05) is 13.1 Å². The van der Waals surface area contributed by atoms with Crippen LogP contribution in [0.5, 0.6) is 0 Å². The van der Waals surface area contributed by atoms with Crippen LogP contribution < -0.4 is 0 Å². The van der Waals surface area contributed by atoms with E-state index in [0.717, 1.165) is 24.1 Å². The van der Waals surface area contributed by atoms with Gasteiger partial charge in [-0.2, -0.15) is 9.40 Å². The molecule has 0 saturated carbocycles. The van der Waals surface area contributed by atoms with E-state index < -0.39 is 10.0 Å². The van der Waals surface area contributed by atoms with Gasteiger partial charge in [-0.1, -0.05) is 23.7 Å². The number of aryl methyl sites for hydroxylation is 1. The number of halogens is 1. The number of hydrogen-bond acceptors (Lipinski definition) is 5. The zero-order valence-electron chi connectivity index (χ0n) is 14.2. The quantitative estimate of drug-likeness (QED) is 0.685. The van der Waals surface area contributed by atoms with Crippen LogP contribution in [-0.2, 0) is 17.1 Å². The normalized spacial score (nSPS) is 19.1. The SMILES string of the molecule is Cn1nc([C@H]2CCCN(S(=O)(=O)c3ccccc3Cl)C2)c2nccnc21. The van der Waals surface area contributed by atoms with Gasteiger partial charge in [0.05, 0.1) is 10.7 Å². The minimum Gasteiger partial charge on any atom is -0.249 e. The molecule has 1 fully saturated rings. The van der Waals surface area contributed by atoms with Gasteiger partial charge in [0.2, 0.25) is 10.0 Å². The predicted molar refractivity (Wildman–Crippen MR) is 98.5 cm³/mol. The molecule has 1 aromatic carbocycles. The van der Waals surface area contributed by atoms with Gasteiger partial charge >= 0.3 is 0 Å². The summed E-state index contributed by atoms with van der Waals surface area (Å²) in [7, 11) is -1.83. The zero-order chi connectivity index (χ0) is 18.3. The number of hydrogen-bond donors (Lipinski definition) is 0. The van der Waals surface area contributed by atoms with E-state index in [9.17, 15) is 8.42 Å². The molecule has 0 N–H and O–H groups in total. The Labute approximate surface area is 156 Å². The number of rotatable bonds is 3. The summed E-state index contributed by atoms with van der Waals surface area (Å²) in [5.41, 5.74) is 2.24. The van der Waals surface area contributed by atoms with Crippen LogP contribution in [0.2, 0.25) is 5.02 Å². The van der Waals surface area contributed by atoms with Crippen molar-refractivity contribution in [3.8, 4) is 0 Å². The van der Waals surface area contributed by atoms with Gasteiger partial charge in [-0.25, -0.2) is 23.1 Å². The van der Waals surface area contributed by atoms with Crippen LogP contribution in [-0.4, -0.2) is 45.6 Å². The van der Waals surface area contributed by atoms with Crippen molar-refractivity contribution in [2.45, 2.75) is 23.7 Å². The maximum Gasteiger partial charge on any atom is 0.244 e. The zero-order valence-corrected chi connectivity index (χ0v) is 15.8. The first-order valence-electron chi connectivity index (χ1n) is 8.37. The van der Waals surface area contributed by atoms with Crippen LogP contribution in [0.4, 0.5) is 0 Å². The van der Waals surface area contributed by atoms with Crippen LogP contribution in [0.15, 0.2) is 41.6 Å². The highest BCUT2D eigenvalue weighted by molar-refractivity contribution is 7.89. The Morgan fingerprint density at radius 2 is 1.96 bits per heavy atom. The van der Waals surface area contributed by atoms with Gasteiger partial charge in [-0.05, 0) is 25.0 Å². The highest BCUT2D eigenvalue weighted by atomic mass is 35.5. The van der Waals surface area contributed by atoms with Crippen LogP contribution in [0.3, 0.4) is 0 Å². The predicted octanol–water partition coefficient (Wildman–Crippen LogP) is 2.59. The third kappa shape index (κ3) is 2.87. The lowest BCUT2D eigenvalue weighted by Gasteiger charge is -2.31. The molecule has 26 heavy (non-hydrogen) atoms. The molecule has 0 bridgehead atoms. The maximum atomic E-state index is 13.0. The summed E-state index contributed by atoms with van der Waals surface area (Å²) in [6.07, 6.45) is 4.88. The molecule has 3 heterocycles. The minimum absolute atomic E-state index is 0.0265. The van der Waals surface area contributed by atoms with Crippen molar-refractivity contribution >= 4 is 32.8 Å². The Balaban J connectivity index is 1.69. The van der Waals surface area contributed by atoms with Crippen molar-refractivity contribution in [2.24, 2.45) is 7.05 Å². The lowest BCUT2D eigenvalue weighted by Crippen LogP contribution is -2.39. The molecule has 3 aromatic rings. The van der Waals surface area contributed by atoms with Gasteiger partial charge < -0.3 is 0 Å². The first-order chi connectivity index (χ1) is 12.5. The van der Waals surface area contributed by atoms with Crippen molar-refractivity contribution in [3.63, 3.8) is 0 Å². The van der Waals surface area contributed by atoms with E-state index >= 15 is 0 Å². The van der Waals surface area contributed by atoms with Gasteiger partial charge in [0.15, 0.2) is 5.65 Å². The molecule has 9 heteroatoms. The fraction of sp³-hybridized carbons (Fsp3) is 0.353. The molecular formula is C17H18ClN5O2S. The first-order valence-corrected chi connectivity index (χ1v) is 10.2. The van der Waals surface area contributed by atoms with Gasteiger partial charge in [0.25, 0.3) is 0 Å². The monoisotopic (exact) mass is 391 g/mol. The summed E-state index contributed by atoms with van der Waals surface area (Å²) in [5.74, 6) is -0.0265. The van der Waals surface area contributed by atoms with Crippen molar-refractivity contribution in [1.29, 1.82) is 0 Å². The van der Waals surface area contributed by atoms with E-state index in [4.69, 9.17) is 11.6 Å². The topological polar surface area (TPSA) is 81.0 Å². The highest BCUT2D eigenvalue weighted by Gasteiger charge is 2.34. The molecule has 0 unspecified atom stereocenters. The molecule has 1 aliphatic rings. The van der Waals surface area contributed by atoms with E-state index in [0.29, 0.717) is 18.7 Å². The number of sulfonamides is 1. The molecule has 136 valence electrons. The van der Waals surface area contributed by atoms with Crippen molar-refractivity contribution in [1.82, 2.24) is 24.1 Å². The van der Waals surface area contributed by atoms with Crippen LogP contribution in [0.25, 0.3) is 11.2 Å². The second-order valence-corrected chi connectivity index (χ2v) is 8.68. The molecule has 2 aromatic heterocycles. The molecule has 4 rings (SSSR count). The summed E-state index contributed by atoms with van der Waals surface area (Å²) in [6, 6.07) is 6.54. The Kier molecular flexibility index (Phi) is 4.42. The smallest absolute Gasteiger partial charge is 0.244 e. The fourth-order valence-corrected chi connectivity index (χ4v) is 5.47. The lowest BCUT2D eigenvalue weighted by atomic mass is 9.96. The van der Waals surface area contributed by atoms with E-state index in [2.05, 4.69) is 15.1 Å². The molecule has 0 spiro atoms. The number of benzene rings is 1. The second-order valence-electron chi connectivity index (χ2n) is 6.37. The standard InChI is InChI=1S/C17H18ClN5O2S/c1-22-17-16(19-8-9-20-17)15(21-22)12-5-4-10-23(11-12)26(24,25)14-7-3-2-6-13(14)18/h2-3,6-9,12H,4-5,10-11H2,1H3/t12-/m0/s1. The summed E-state index contributed by atoms with van der Waals surface area (Å²) in [4.78, 5) is 8.86. The number of piperidine rings is 1. The molecule has 1 atom stereocenters. The number of aromatic nitrogens is 4. The lowest BCUT2D eigenvalue weighted by molar-refractivity contribution is 0.312. The van der Waals surface area contributed by atoms with Crippen LogP contribution >= 0.6 is 11.6 Å². The minimum atomic E-state index is -3.65. The number of nitrogens with zero attached hydrogens (tertiary/aromatic N) is 5. The molecule has 1 saturated heterocycles. The van der Waals surface area contributed by atoms with Crippen molar-refractivity contribution in [3.05, 3.63) is 47.4 Å². The van der Waals surface area contributed by atoms with Gasteiger partial charge in [-0.3, -0.25) is 0 Å². The average molecular weight is 392 g/mol. The summed E-state index contributed by atoms with van der Waals surface area (Å²) >= 11 is 6.12. The average Bonchev–Trinajstić information content (AvgIpc) is 2.99. The van der Waals surface area contributed by atoms with Crippen LogP contribution in [0, 0.1) is 0 Å². The second kappa shape index (κ2) is 6.61. The third-order valence-corrected chi connectivity index (χ3v) is 7.08. The molecule has 1 aliphatic heterocycles.